The first-order chi connectivity index (χ1) is 15.9. The number of benzene rings is 1. The number of nitrogens with one attached hydrogen (secondary N) is 1. The molecule has 7 heteroatoms. The lowest BCUT2D eigenvalue weighted by Gasteiger charge is -2.14. The van der Waals surface area contributed by atoms with Crippen LogP contribution in [-0.4, -0.2) is 21.3 Å². The Morgan fingerprint density at radius 1 is 1.21 bits per heavy atom. The van der Waals surface area contributed by atoms with Gasteiger partial charge in [-0.25, -0.2) is 0 Å². The summed E-state index contributed by atoms with van der Waals surface area (Å²) in [6.07, 6.45) is 6.79. The monoisotopic (exact) mass is 442 g/mol. The Morgan fingerprint density at radius 3 is 2.67 bits per heavy atom. The Bertz CT molecular complexity index is 1360. The Balaban J connectivity index is 1.84. The van der Waals surface area contributed by atoms with Crippen LogP contribution in [0.2, 0.25) is 0 Å². The van der Waals surface area contributed by atoms with Gasteiger partial charge in [-0.3, -0.25) is 14.0 Å². The van der Waals surface area contributed by atoms with E-state index in [1.807, 2.05) is 51.1 Å². The Morgan fingerprint density at radius 2 is 1.97 bits per heavy atom. The van der Waals surface area contributed by atoms with Gasteiger partial charge in [-0.15, -0.1) is 0 Å². The zero-order valence-corrected chi connectivity index (χ0v) is 19.0. The highest BCUT2D eigenvalue weighted by Crippen LogP contribution is 2.28. The molecular formula is C26H26N4O3. The molecule has 0 aliphatic heterocycles. The molecule has 1 aliphatic rings. The van der Waals surface area contributed by atoms with Gasteiger partial charge in [-0.1, -0.05) is 36.6 Å². The molecule has 0 unspecified atom stereocenters. The summed E-state index contributed by atoms with van der Waals surface area (Å²) in [7, 11) is 0. The SMILES string of the molecule is Cc1ccc(Oc2nc3c(C)cccn3c(=O)c2/C=C(\C#N)C(=O)NC2CCCC2)c(C)c1. The number of hydrogen-bond acceptors (Lipinski definition) is 5. The van der Waals surface area contributed by atoms with E-state index in [4.69, 9.17) is 4.74 Å². The molecule has 0 radical (unpaired) electrons. The van der Waals surface area contributed by atoms with Crippen LogP contribution in [0.3, 0.4) is 0 Å². The maximum atomic E-state index is 13.4. The summed E-state index contributed by atoms with van der Waals surface area (Å²) in [4.78, 5) is 30.8. The number of amides is 1. The van der Waals surface area contributed by atoms with Crippen LogP contribution in [-0.2, 0) is 4.79 Å². The first-order valence-corrected chi connectivity index (χ1v) is 11.1. The highest BCUT2D eigenvalue weighted by Gasteiger charge is 2.22. The lowest BCUT2D eigenvalue weighted by Crippen LogP contribution is -2.33. The van der Waals surface area contributed by atoms with Gasteiger partial charge in [0.2, 0.25) is 5.88 Å². The minimum absolute atomic E-state index is 0.0520. The minimum atomic E-state index is -0.490. The fraction of sp³-hybridized carbons (Fsp3) is 0.308. The standard InChI is InChI=1S/C26H26N4O3/c1-16-10-11-22(18(3)13-16)33-25-21(26(32)30-12-6-7-17(2)23(30)29-25)14-19(15-27)24(31)28-20-8-4-5-9-20/h6-7,10-14,20H,4-5,8-9H2,1-3H3,(H,28,31)/b19-14+. The summed E-state index contributed by atoms with van der Waals surface area (Å²) in [5.41, 5.74) is 2.71. The first kappa shape index (κ1) is 22.3. The molecule has 168 valence electrons. The average Bonchev–Trinajstić information content (AvgIpc) is 3.29. The molecule has 1 fully saturated rings. The van der Waals surface area contributed by atoms with Gasteiger partial charge in [0.1, 0.15) is 28.6 Å². The van der Waals surface area contributed by atoms with Gasteiger partial charge in [0, 0.05) is 12.2 Å². The van der Waals surface area contributed by atoms with Crippen molar-refractivity contribution < 1.29 is 9.53 Å². The third kappa shape index (κ3) is 4.65. The number of rotatable bonds is 5. The van der Waals surface area contributed by atoms with E-state index in [9.17, 15) is 14.9 Å². The van der Waals surface area contributed by atoms with Crippen LogP contribution in [0.15, 0.2) is 46.9 Å². The third-order valence-corrected chi connectivity index (χ3v) is 5.93. The van der Waals surface area contributed by atoms with Crippen LogP contribution in [0.5, 0.6) is 11.6 Å². The molecule has 2 heterocycles. The molecule has 1 N–H and O–H groups in total. The van der Waals surface area contributed by atoms with Gasteiger partial charge in [-0.2, -0.15) is 10.2 Å². The van der Waals surface area contributed by atoms with E-state index in [0.717, 1.165) is 42.4 Å². The summed E-state index contributed by atoms with van der Waals surface area (Å²) >= 11 is 0. The van der Waals surface area contributed by atoms with Crippen LogP contribution >= 0.6 is 0 Å². The Kier molecular flexibility index (Phi) is 6.27. The zero-order valence-electron chi connectivity index (χ0n) is 19.0. The van der Waals surface area contributed by atoms with Crippen LogP contribution in [0.4, 0.5) is 0 Å². The first-order valence-electron chi connectivity index (χ1n) is 11.1. The van der Waals surface area contributed by atoms with E-state index in [0.29, 0.717) is 11.4 Å². The summed E-state index contributed by atoms with van der Waals surface area (Å²) in [6.45, 7) is 5.75. The van der Waals surface area contributed by atoms with Crippen molar-refractivity contribution in [1.29, 1.82) is 5.26 Å². The van der Waals surface area contributed by atoms with Crippen molar-refractivity contribution >= 4 is 17.6 Å². The van der Waals surface area contributed by atoms with E-state index in [2.05, 4.69) is 10.3 Å². The average molecular weight is 443 g/mol. The number of aryl methyl sites for hydroxylation is 3. The smallest absolute Gasteiger partial charge is 0.269 e. The number of hydrogen-bond donors (Lipinski definition) is 1. The lowest BCUT2D eigenvalue weighted by molar-refractivity contribution is -0.117. The summed E-state index contributed by atoms with van der Waals surface area (Å²) in [6, 6.07) is 11.3. The van der Waals surface area contributed by atoms with Crippen LogP contribution < -0.4 is 15.6 Å². The highest BCUT2D eigenvalue weighted by atomic mass is 16.5. The number of ether oxygens (including phenoxy) is 1. The zero-order chi connectivity index (χ0) is 23.5. The van der Waals surface area contributed by atoms with E-state index in [-0.39, 0.29) is 23.1 Å². The fourth-order valence-corrected chi connectivity index (χ4v) is 4.14. The molecule has 2 aromatic heterocycles. The molecule has 7 nitrogen and oxygen atoms in total. The fourth-order valence-electron chi connectivity index (χ4n) is 4.14. The topological polar surface area (TPSA) is 96.5 Å². The van der Waals surface area contributed by atoms with E-state index in [1.165, 1.54) is 10.5 Å². The molecule has 0 bridgehead atoms. The predicted octanol–water partition coefficient (Wildman–Crippen LogP) is 4.38. The maximum Gasteiger partial charge on any atom is 0.269 e. The number of nitriles is 1. The minimum Gasteiger partial charge on any atom is -0.438 e. The van der Waals surface area contributed by atoms with Gasteiger partial charge in [0.15, 0.2) is 0 Å². The lowest BCUT2D eigenvalue weighted by atomic mass is 10.1. The summed E-state index contributed by atoms with van der Waals surface area (Å²) in [5, 5.41) is 12.6. The van der Waals surface area contributed by atoms with Crippen molar-refractivity contribution in [3.8, 4) is 17.7 Å². The van der Waals surface area contributed by atoms with Crippen LogP contribution in [0.1, 0.15) is 47.9 Å². The van der Waals surface area contributed by atoms with Gasteiger partial charge in [0.25, 0.3) is 11.5 Å². The number of carbonyl (C=O) groups excluding carboxylic acids is 1. The number of nitrogens with zero attached hydrogens (tertiary/aromatic N) is 3. The van der Waals surface area contributed by atoms with Crippen LogP contribution in [0.25, 0.3) is 11.7 Å². The molecule has 1 aromatic carbocycles. The molecule has 0 spiro atoms. The number of carbonyl (C=O) groups is 1. The second kappa shape index (κ2) is 9.29. The summed E-state index contributed by atoms with van der Waals surface area (Å²) < 4.78 is 7.49. The molecule has 4 rings (SSSR count). The van der Waals surface area contributed by atoms with Crippen molar-refractivity contribution in [1.82, 2.24) is 14.7 Å². The van der Waals surface area contributed by atoms with Gasteiger partial charge >= 0.3 is 0 Å². The number of pyridine rings is 1. The van der Waals surface area contributed by atoms with Crippen molar-refractivity contribution in [2.24, 2.45) is 0 Å². The van der Waals surface area contributed by atoms with E-state index >= 15 is 0 Å². The van der Waals surface area contributed by atoms with E-state index < -0.39 is 11.5 Å². The molecular weight excluding hydrogens is 416 g/mol. The van der Waals surface area contributed by atoms with Crippen LogP contribution in [0, 0.1) is 32.1 Å². The number of aromatic nitrogens is 2. The van der Waals surface area contributed by atoms with Gasteiger partial charge in [0.05, 0.1) is 0 Å². The van der Waals surface area contributed by atoms with Crippen molar-refractivity contribution in [2.75, 3.05) is 0 Å². The van der Waals surface area contributed by atoms with Crippen molar-refractivity contribution in [3.05, 3.63) is 74.7 Å². The Hall–Kier alpha value is -3.92. The predicted molar refractivity (Wildman–Crippen MR) is 126 cm³/mol. The molecule has 0 atom stereocenters. The second-order valence-electron chi connectivity index (χ2n) is 8.52. The summed E-state index contributed by atoms with van der Waals surface area (Å²) in [5.74, 6) is 0.118. The van der Waals surface area contributed by atoms with E-state index in [1.54, 1.807) is 12.3 Å². The highest BCUT2D eigenvalue weighted by molar-refractivity contribution is 6.02. The molecule has 33 heavy (non-hydrogen) atoms. The molecule has 1 aliphatic carbocycles. The molecule has 1 amide bonds. The van der Waals surface area contributed by atoms with Gasteiger partial charge in [-0.05, 0) is 62.9 Å². The van der Waals surface area contributed by atoms with Crippen molar-refractivity contribution in [2.45, 2.75) is 52.5 Å². The third-order valence-electron chi connectivity index (χ3n) is 5.93. The molecule has 0 saturated heterocycles. The largest absolute Gasteiger partial charge is 0.438 e. The molecule has 1 saturated carbocycles. The number of fused-ring (bicyclic) bond motifs is 1. The second-order valence-corrected chi connectivity index (χ2v) is 8.52. The normalized spacial score (nSPS) is 14.3. The molecule has 3 aromatic rings. The Labute approximate surface area is 192 Å². The van der Waals surface area contributed by atoms with Gasteiger partial charge < -0.3 is 10.1 Å². The quantitative estimate of drug-likeness (QED) is 0.467. The van der Waals surface area contributed by atoms with Crippen molar-refractivity contribution in [3.63, 3.8) is 0 Å². The maximum absolute atomic E-state index is 13.4.